The zero-order valence-corrected chi connectivity index (χ0v) is 12.2. The van der Waals surface area contributed by atoms with Gasteiger partial charge in [0.25, 0.3) is 0 Å². The van der Waals surface area contributed by atoms with Gasteiger partial charge in [0.2, 0.25) is 0 Å². The van der Waals surface area contributed by atoms with Crippen molar-refractivity contribution in [1.29, 1.82) is 0 Å². The van der Waals surface area contributed by atoms with E-state index in [-0.39, 0.29) is 51.0 Å². The van der Waals surface area contributed by atoms with Crippen molar-refractivity contribution in [3.05, 3.63) is 40.9 Å². The smallest absolute Gasteiger partial charge is 1.00 e. The third-order valence-electron chi connectivity index (χ3n) is 1.58. The molecule has 0 heterocycles. The van der Waals surface area contributed by atoms with Crippen LogP contribution in [0.4, 0.5) is 0 Å². The minimum Gasteiger partial charge on any atom is -1.00 e. The number of hydrogen-bond donors (Lipinski definition) is 0. The molecular formula is C9H6BrCl2Zr. The second kappa shape index (κ2) is 7.12. The summed E-state index contributed by atoms with van der Waals surface area (Å²) in [7, 11) is 0. The number of halogens is 3. The summed E-state index contributed by atoms with van der Waals surface area (Å²) in [4.78, 5) is 0. The quantitative estimate of drug-likeness (QED) is 0.452. The zero-order valence-electron chi connectivity index (χ0n) is 6.60. The average molecular weight is 356 g/mol. The van der Waals surface area contributed by atoms with Crippen LogP contribution in [-0.4, -0.2) is 0 Å². The van der Waals surface area contributed by atoms with Crippen LogP contribution in [0, 0.1) is 0 Å². The molecule has 0 amide bonds. The molecule has 67 valence electrons. The molecule has 0 atom stereocenters. The molecule has 1 radical (unpaired) electrons. The summed E-state index contributed by atoms with van der Waals surface area (Å²) in [6.07, 6.45) is 0. The van der Waals surface area contributed by atoms with Crippen molar-refractivity contribution in [2.75, 3.05) is 0 Å². The summed E-state index contributed by atoms with van der Waals surface area (Å²) >= 11 is 3.42. The van der Waals surface area contributed by atoms with E-state index in [1.807, 2.05) is 0 Å². The van der Waals surface area contributed by atoms with Crippen LogP contribution in [0.5, 0.6) is 0 Å². The molecule has 0 saturated carbocycles. The van der Waals surface area contributed by atoms with Gasteiger partial charge in [-0.25, -0.2) is 0 Å². The Kier molecular flexibility index (Phi) is 8.87. The molecule has 0 bridgehead atoms. The van der Waals surface area contributed by atoms with Gasteiger partial charge in [0.15, 0.2) is 0 Å². The first-order chi connectivity index (χ1) is 4.86. The largest absolute Gasteiger partial charge is 3.00 e. The topological polar surface area (TPSA) is 0 Å². The number of fused-ring (bicyclic) bond motifs is 1. The summed E-state index contributed by atoms with van der Waals surface area (Å²) in [5, 5.41) is 2.60. The third kappa shape index (κ3) is 3.79. The van der Waals surface area contributed by atoms with Crippen LogP contribution in [0.1, 0.15) is 0 Å². The first-order valence-electron chi connectivity index (χ1n) is 3.17. The van der Waals surface area contributed by atoms with Crippen LogP contribution in [-0.2, 0) is 26.2 Å². The Hall–Kier alpha value is 0.773. The zero-order chi connectivity index (χ0) is 6.97. The van der Waals surface area contributed by atoms with Crippen molar-refractivity contribution < 1.29 is 51.0 Å². The molecule has 0 unspecified atom stereocenters. The van der Waals surface area contributed by atoms with E-state index in [9.17, 15) is 0 Å². The Morgan fingerprint density at radius 3 is 2.31 bits per heavy atom. The minimum atomic E-state index is 0. The summed E-state index contributed by atoms with van der Waals surface area (Å²) < 4.78 is 1.16. The van der Waals surface area contributed by atoms with Gasteiger partial charge >= 0.3 is 26.2 Å². The molecule has 0 spiro atoms. The van der Waals surface area contributed by atoms with Crippen LogP contribution >= 0.6 is 15.9 Å². The molecule has 4 heteroatoms. The van der Waals surface area contributed by atoms with Gasteiger partial charge in [0, 0.05) is 0 Å². The second-order valence-electron chi connectivity index (χ2n) is 2.30. The van der Waals surface area contributed by atoms with E-state index in [0.29, 0.717) is 0 Å². The fraction of sp³-hybridized carbons (Fsp3) is 0. The van der Waals surface area contributed by atoms with Crippen LogP contribution in [0.15, 0.2) is 40.9 Å². The predicted molar refractivity (Wildman–Crippen MR) is 47.2 cm³/mol. The molecular weight excluding hydrogens is 350 g/mol. The van der Waals surface area contributed by atoms with Crippen molar-refractivity contribution >= 4 is 26.7 Å². The normalized spacial score (nSPS) is 8.08. The van der Waals surface area contributed by atoms with Crippen molar-refractivity contribution in [3.63, 3.8) is 0 Å². The molecule has 0 fully saturated rings. The molecule has 2 aromatic carbocycles. The Labute approximate surface area is 118 Å². The molecule has 0 aliphatic rings. The molecule has 0 aromatic heterocycles. The average Bonchev–Trinajstić information content (AvgIpc) is 2.27. The van der Waals surface area contributed by atoms with E-state index < -0.39 is 0 Å². The van der Waals surface area contributed by atoms with E-state index in [4.69, 9.17) is 0 Å². The maximum atomic E-state index is 3.42. The van der Waals surface area contributed by atoms with Gasteiger partial charge in [0.05, 0.1) is 0 Å². The monoisotopic (exact) mass is 353 g/mol. The second-order valence-corrected chi connectivity index (χ2v) is 3.22. The summed E-state index contributed by atoms with van der Waals surface area (Å²) in [6, 6.07) is 12.6. The first kappa shape index (κ1) is 16.2. The Morgan fingerprint density at radius 2 is 1.69 bits per heavy atom. The van der Waals surface area contributed by atoms with Crippen LogP contribution in [0.25, 0.3) is 10.8 Å². The number of rotatable bonds is 0. The number of hydrogen-bond acceptors (Lipinski definition) is 0. The van der Waals surface area contributed by atoms with Gasteiger partial charge in [-0.1, -0.05) is 26.5 Å². The maximum Gasteiger partial charge on any atom is 3.00 e. The summed E-state index contributed by atoms with van der Waals surface area (Å²) in [5.74, 6) is 0. The minimum absolute atomic E-state index is 0. The van der Waals surface area contributed by atoms with E-state index in [2.05, 4.69) is 52.3 Å². The molecule has 13 heavy (non-hydrogen) atoms. The van der Waals surface area contributed by atoms with E-state index >= 15 is 0 Å². The van der Waals surface area contributed by atoms with E-state index in [1.54, 1.807) is 0 Å². The van der Waals surface area contributed by atoms with Crippen LogP contribution in [0.3, 0.4) is 0 Å². The van der Waals surface area contributed by atoms with Gasteiger partial charge < -0.3 is 24.8 Å². The van der Waals surface area contributed by atoms with Crippen LogP contribution in [0.2, 0.25) is 0 Å². The molecule has 0 aliphatic carbocycles. The molecule has 0 N–H and O–H groups in total. The molecule has 0 aliphatic heterocycles. The SMILES string of the molecule is Brc1cc2ccccc2[cH-]1.[Cl-].[Cl-].[Zr+3]. The van der Waals surface area contributed by atoms with Gasteiger partial charge in [-0.3, -0.25) is 0 Å². The van der Waals surface area contributed by atoms with E-state index in [0.717, 1.165) is 4.47 Å². The van der Waals surface area contributed by atoms with Gasteiger partial charge in [-0.05, 0) is 0 Å². The Balaban J connectivity index is 0. The fourth-order valence-electron chi connectivity index (χ4n) is 1.11. The van der Waals surface area contributed by atoms with Crippen molar-refractivity contribution in [2.45, 2.75) is 0 Å². The molecule has 2 aromatic rings. The van der Waals surface area contributed by atoms with Crippen molar-refractivity contribution in [2.24, 2.45) is 0 Å². The molecule has 0 nitrogen and oxygen atoms in total. The van der Waals surface area contributed by atoms with E-state index in [1.165, 1.54) is 10.8 Å². The van der Waals surface area contributed by atoms with Gasteiger partial charge in [-0.2, -0.15) is 6.07 Å². The van der Waals surface area contributed by atoms with Crippen molar-refractivity contribution in [1.82, 2.24) is 0 Å². The molecule has 0 saturated heterocycles. The Morgan fingerprint density at radius 1 is 1.08 bits per heavy atom. The van der Waals surface area contributed by atoms with Gasteiger partial charge in [0.1, 0.15) is 0 Å². The number of benzene rings is 1. The summed E-state index contributed by atoms with van der Waals surface area (Å²) in [6.45, 7) is 0. The first-order valence-corrected chi connectivity index (χ1v) is 3.96. The van der Waals surface area contributed by atoms with Gasteiger partial charge in [-0.15, -0.1) is 35.0 Å². The maximum absolute atomic E-state index is 3.42. The standard InChI is InChI=1S/C9H6Br.2ClH.Zr/c10-9-5-7-3-1-2-4-8(7)6-9;;;/h1-6H;2*1H;/q-1;;;+3/p-2. The summed E-state index contributed by atoms with van der Waals surface area (Å²) in [5.41, 5.74) is 0. The predicted octanol–water partition coefficient (Wildman–Crippen LogP) is -2.67. The van der Waals surface area contributed by atoms with Crippen LogP contribution < -0.4 is 24.8 Å². The molecule has 2 rings (SSSR count). The third-order valence-corrected chi connectivity index (χ3v) is 2.04. The Bertz CT molecular complexity index is 326. The van der Waals surface area contributed by atoms with Crippen molar-refractivity contribution in [3.8, 4) is 0 Å². The fourth-order valence-corrected chi connectivity index (χ4v) is 1.61.